The standard InChI is InChI=1S/C20H34O2/c1-4-7-9-10-11-12-13-14-16-19(15-8-5-2)17-18-22-20(21)6-3/h17-19H,4-11,14-16H2,1-3H3/b18-17-. The molecule has 126 valence electrons. The number of hydrogen-bond donors (Lipinski definition) is 0. The van der Waals surface area contributed by atoms with Crippen molar-refractivity contribution in [2.24, 2.45) is 5.92 Å². The van der Waals surface area contributed by atoms with Gasteiger partial charge in [0.05, 0.1) is 6.26 Å². The Morgan fingerprint density at radius 3 is 2.36 bits per heavy atom. The van der Waals surface area contributed by atoms with Crippen LogP contribution in [-0.2, 0) is 9.53 Å². The van der Waals surface area contributed by atoms with E-state index in [2.05, 4.69) is 25.7 Å². The largest absolute Gasteiger partial charge is 0.435 e. The van der Waals surface area contributed by atoms with Crippen LogP contribution in [0.1, 0.15) is 91.4 Å². The first kappa shape index (κ1) is 20.8. The molecule has 0 aromatic carbocycles. The Bertz CT molecular complexity index is 346. The molecule has 0 fully saturated rings. The lowest BCUT2D eigenvalue weighted by molar-refractivity contribution is -0.137. The van der Waals surface area contributed by atoms with Crippen molar-refractivity contribution in [2.45, 2.75) is 91.4 Å². The van der Waals surface area contributed by atoms with Crippen molar-refractivity contribution in [3.05, 3.63) is 12.3 Å². The van der Waals surface area contributed by atoms with Crippen LogP contribution in [-0.4, -0.2) is 5.97 Å². The van der Waals surface area contributed by atoms with E-state index in [0.717, 1.165) is 25.7 Å². The highest BCUT2D eigenvalue weighted by molar-refractivity contribution is 5.69. The zero-order valence-corrected chi connectivity index (χ0v) is 14.8. The number of allylic oxidation sites excluding steroid dienone is 1. The Balaban J connectivity index is 3.98. The number of hydrogen-bond acceptors (Lipinski definition) is 2. The van der Waals surface area contributed by atoms with Gasteiger partial charge in [0, 0.05) is 19.3 Å². The van der Waals surface area contributed by atoms with E-state index in [4.69, 9.17) is 4.74 Å². The number of carbonyl (C=O) groups excluding carboxylic acids is 1. The molecule has 0 radical (unpaired) electrons. The number of rotatable bonds is 12. The molecule has 0 saturated carbocycles. The van der Waals surface area contributed by atoms with Crippen molar-refractivity contribution in [1.82, 2.24) is 0 Å². The summed E-state index contributed by atoms with van der Waals surface area (Å²) in [5.41, 5.74) is 0. The molecule has 0 aromatic heterocycles. The summed E-state index contributed by atoms with van der Waals surface area (Å²) in [6.45, 7) is 6.24. The van der Waals surface area contributed by atoms with E-state index in [1.807, 2.05) is 6.08 Å². The molecule has 1 unspecified atom stereocenters. The van der Waals surface area contributed by atoms with Crippen LogP contribution in [0.3, 0.4) is 0 Å². The lowest BCUT2D eigenvalue weighted by atomic mass is 9.97. The highest BCUT2D eigenvalue weighted by atomic mass is 16.5. The summed E-state index contributed by atoms with van der Waals surface area (Å²) in [4.78, 5) is 11.1. The lowest BCUT2D eigenvalue weighted by Gasteiger charge is -2.09. The second-order valence-corrected chi connectivity index (χ2v) is 5.78. The predicted molar refractivity (Wildman–Crippen MR) is 94.3 cm³/mol. The smallest absolute Gasteiger partial charge is 0.310 e. The van der Waals surface area contributed by atoms with E-state index in [-0.39, 0.29) is 5.97 Å². The molecule has 2 heteroatoms. The number of ether oxygens (including phenoxy) is 1. The molecule has 2 nitrogen and oxygen atoms in total. The lowest BCUT2D eigenvalue weighted by Crippen LogP contribution is -1.99. The van der Waals surface area contributed by atoms with Gasteiger partial charge in [-0.05, 0) is 31.3 Å². The number of carbonyl (C=O) groups is 1. The topological polar surface area (TPSA) is 26.3 Å². The van der Waals surface area contributed by atoms with Gasteiger partial charge >= 0.3 is 5.97 Å². The molecule has 0 spiro atoms. The Morgan fingerprint density at radius 2 is 1.68 bits per heavy atom. The molecular formula is C20H34O2. The van der Waals surface area contributed by atoms with Gasteiger partial charge in [0.15, 0.2) is 0 Å². The molecule has 0 N–H and O–H groups in total. The van der Waals surface area contributed by atoms with E-state index in [0.29, 0.717) is 12.3 Å². The van der Waals surface area contributed by atoms with Gasteiger partial charge < -0.3 is 4.74 Å². The molecule has 1 atom stereocenters. The summed E-state index contributed by atoms with van der Waals surface area (Å²) in [6, 6.07) is 0. The summed E-state index contributed by atoms with van der Waals surface area (Å²) in [5, 5.41) is 0. The van der Waals surface area contributed by atoms with Crippen LogP contribution >= 0.6 is 0 Å². The maximum atomic E-state index is 11.1. The molecule has 0 amide bonds. The van der Waals surface area contributed by atoms with E-state index >= 15 is 0 Å². The fraction of sp³-hybridized carbons (Fsp3) is 0.750. The highest BCUT2D eigenvalue weighted by Gasteiger charge is 2.04. The van der Waals surface area contributed by atoms with Crippen molar-refractivity contribution < 1.29 is 9.53 Å². The first-order valence-electron chi connectivity index (χ1n) is 9.06. The van der Waals surface area contributed by atoms with Gasteiger partial charge in [0.1, 0.15) is 0 Å². The average molecular weight is 306 g/mol. The van der Waals surface area contributed by atoms with Crippen LogP contribution in [0.4, 0.5) is 0 Å². The van der Waals surface area contributed by atoms with Crippen molar-refractivity contribution in [2.75, 3.05) is 0 Å². The second-order valence-electron chi connectivity index (χ2n) is 5.78. The summed E-state index contributed by atoms with van der Waals surface area (Å²) in [5.74, 6) is 6.87. The van der Waals surface area contributed by atoms with Gasteiger partial charge in [0.2, 0.25) is 0 Å². The van der Waals surface area contributed by atoms with Crippen LogP contribution in [0.5, 0.6) is 0 Å². The maximum absolute atomic E-state index is 11.1. The van der Waals surface area contributed by atoms with Crippen molar-refractivity contribution >= 4 is 5.97 Å². The van der Waals surface area contributed by atoms with E-state index in [1.54, 1.807) is 13.2 Å². The normalized spacial score (nSPS) is 12.0. The molecular weight excluding hydrogens is 272 g/mol. The maximum Gasteiger partial charge on any atom is 0.310 e. The van der Waals surface area contributed by atoms with Gasteiger partial charge in [-0.25, -0.2) is 0 Å². The fourth-order valence-electron chi connectivity index (χ4n) is 2.19. The minimum atomic E-state index is -0.169. The molecule has 0 aliphatic carbocycles. The first-order valence-corrected chi connectivity index (χ1v) is 9.06. The van der Waals surface area contributed by atoms with Crippen LogP contribution in [0.15, 0.2) is 12.3 Å². The van der Waals surface area contributed by atoms with Crippen molar-refractivity contribution in [3.8, 4) is 11.8 Å². The molecule has 22 heavy (non-hydrogen) atoms. The van der Waals surface area contributed by atoms with Gasteiger partial charge in [0.25, 0.3) is 0 Å². The summed E-state index contributed by atoms with van der Waals surface area (Å²) >= 11 is 0. The zero-order chi connectivity index (χ0) is 16.5. The molecule has 0 aliphatic heterocycles. The van der Waals surface area contributed by atoms with Gasteiger partial charge in [-0.3, -0.25) is 4.79 Å². The summed E-state index contributed by atoms with van der Waals surface area (Å²) < 4.78 is 5.03. The van der Waals surface area contributed by atoms with E-state index in [1.165, 1.54) is 38.5 Å². The fourth-order valence-corrected chi connectivity index (χ4v) is 2.19. The van der Waals surface area contributed by atoms with Gasteiger partial charge in [-0.2, -0.15) is 0 Å². The average Bonchev–Trinajstić information content (AvgIpc) is 2.54. The van der Waals surface area contributed by atoms with Crippen molar-refractivity contribution in [3.63, 3.8) is 0 Å². The molecule has 0 rings (SSSR count). The van der Waals surface area contributed by atoms with Crippen LogP contribution in [0, 0.1) is 17.8 Å². The predicted octanol–water partition coefficient (Wildman–Crippen LogP) is 6.01. The molecule has 0 aliphatic rings. The third kappa shape index (κ3) is 13.7. The summed E-state index contributed by atoms with van der Waals surface area (Å²) in [6.07, 6.45) is 15.7. The van der Waals surface area contributed by atoms with E-state index < -0.39 is 0 Å². The first-order chi connectivity index (χ1) is 10.7. The third-order valence-corrected chi connectivity index (χ3v) is 3.69. The Labute approximate surface area is 137 Å². The Morgan fingerprint density at radius 1 is 0.955 bits per heavy atom. The molecule has 0 aromatic rings. The van der Waals surface area contributed by atoms with Crippen LogP contribution in [0.2, 0.25) is 0 Å². The van der Waals surface area contributed by atoms with Crippen molar-refractivity contribution in [1.29, 1.82) is 0 Å². The van der Waals surface area contributed by atoms with E-state index in [9.17, 15) is 4.79 Å². The quantitative estimate of drug-likeness (QED) is 0.191. The highest BCUT2D eigenvalue weighted by Crippen LogP contribution is 2.16. The Hall–Kier alpha value is -1.23. The van der Waals surface area contributed by atoms with Crippen LogP contribution in [0.25, 0.3) is 0 Å². The SMILES string of the molecule is CCCCCCC#CCCC(/C=C\OC(=O)CC)CCCC. The molecule has 0 heterocycles. The third-order valence-electron chi connectivity index (χ3n) is 3.69. The Kier molecular flexibility index (Phi) is 15.2. The number of esters is 1. The zero-order valence-electron chi connectivity index (χ0n) is 14.8. The number of unbranched alkanes of at least 4 members (excludes halogenated alkanes) is 5. The monoisotopic (exact) mass is 306 g/mol. The van der Waals surface area contributed by atoms with Crippen LogP contribution < -0.4 is 0 Å². The van der Waals surface area contributed by atoms with Gasteiger partial charge in [-0.1, -0.05) is 52.9 Å². The minimum Gasteiger partial charge on any atom is -0.435 e. The second kappa shape index (κ2) is 16.1. The van der Waals surface area contributed by atoms with Gasteiger partial charge in [-0.15, -0.1) is 11.8 Å². The summed E-state index contributed by atoms with van der Waals surface area (Å²) in [7, 11) is 0. The molecule has 0 saturated heterocycles. The molecule has 0 bridgehead atoms. The minimum absolute atomic E-state index is 0.169.